The van der Waals surface area contributed by atoms with Crippen LogP contribution < -0.4 is 9.47 Å². The van der Waals surface area contributed by atoms with Gasteiger partial charge in [0, 0.05) is 34.9 Å². The molecule has 5 nitrogen and oxygen atoms in total. The Balaban J connectivity index is 1.52. The van der Waals surface area contributed by atoms with Gasteiger partial charge >= 0.3 is 0 Å². The molecule has 2 aliphatic carbocycles. The van der Waals surface area contributed by atoms with E-state index < -0.39 is 0 Å². The molecule has 1 fully saturated rings. The third-order valence-corrected chi connectivity index (χ3v) is 7.10. The van der Waals surface area contributed by atoms with Gasteiger partial charge in [-0.15, -0.1) is 0 Å². The Kier molecular flexibility index (Phi) is 3.98. The predicted octanol–water partition coefficient (Wildman–Crippen LogP) is 4.53. The molecule has 152 valence electrons. The first-order chi connectivity index (χ1) is 14.7. The van der Waals surface area contributed by atoms with Crippen molar-refractivity contribution < 1.29 is 19.1 Å². The molecule has 1 N–H and O–H groups in total. The molecule has 1 aliphatic heterocycles. The molecule has 3 aliphatic rings. The van der Waals surface area contributed by atoms with E-state index in [0.29, 0.717) is 12.8 Å². The standard InChI is InChI=1S/C25H23NO4/c27-16-7-5-14-9-19(15-6-8-23-24(10-15)30-13-29-23)25-20(12-18(14)22(28)11-16)17-3-1-2-4-21(17)26-25/h1-4,6,8,10,14,18-19,26H,5,7,9,11-13H2. The predicted molar refractivity (Wildman–Crippen MR) is 112 cm³/mol. The molecule has 2 aromatic carbocycles. The Labute approximate surface area is 174 Å². The highest BCUT2D eigenvalue weighted by Gasteiger charge is 2.40. The van der Waals surface area contributed by atoms with E-state index in [0.717, 1.165) is 35.4 Å². The fourth-order valence-corrected chi connectivity index (χ4v) is 5.60. The average Bonchev–Trinajstić information content (AvgIpc) is 3.28. The molecule has 2 heterocycles. The van der Waals surface area contributed by atoms with Gasteiger partial charge in [0.25, 0.3) is 0 Å². The lowest BCUT2D eigenvalue weighted by molar-refractivity contribution is -0.128. The second kappa shape index (κ2) is 6.73. The van der Waals surface area contributed by atoms with Gasteiger partial charge in [-0.1, -0.05) is 24.3 Å². The van der Waals surface area contributed by atoms with E-state index in [-0.39, 0.29) is 42.5 Å². The second-order valence-corrected chi connectivity index (χ2v) is 8.75. The summed E-state index contributed by atoms with van der Waals surface area (Å²) in [5.41, 5.74) is 4.69. The number of ether oxygens (including phenoxy) is 2. The van der Waals surface area contributed by atoms with Crippen LogP contribution in [0.4, 0.5) is 0 Å². The lowest BCUT2D eigenvalue weighted by Crippen LogP contribution is -2.24. The van der Waals surface area contributed by atoms with E-state index in [1.54, 1.807) is 0 Å². The maximum Gasteiger partial charge on any atom is 0.231 e. The minimum atomic E-state index is -0.0894. The number of aromatic amines is 1. The number of H-pyrrole nitrogens is 1. The average molecular weight is 401 g/mol. The van der Waals surface area contributed by atoms with Crippen LogP contribution in [0.1, 0.15) is 48.4 Å². The maximum absolute atomic E-state index is 13.0. The van der Waals surface area contributed by atoms with E-state index in [1.807, 2.05) is 18.2 Å². The first-order valence-electron chi connectivity index (χ1n) is 10.7. The Morgan fingerprint density at radius 1 is 1.00 bits per heavy atom. The molecule has 3 unspecified atom stereocenters. The molecule has 0 amide bonds. The van der Waals surface area contributed by atoms with Crippen LogP contribution in [0, 0.1) is 11.8 Å². The summed E-state index contributed by atoms with van der Waals surface area (Å²) in [6.07, 6.45) is 2.95. The topological polar surface area (TPSA) is 68.4 Å². The summed E-state index contributed by atoms with van der Waals surface area (Å²) < 4.78 is 11.1. The Bertz CT molecular complexity index is 1180. The molecule has 30 heavy (non-hydrogen) atoms. The first-order valence-corrected chi connectivity index (χ1v) is 10.7. The van der Waals surface area contributed by atoms with Crippen molar-refractivity contribution in [1.82, 2.24) is 4.98 Å². The molecule has 0 saturated heterocycles. The quantitative estimate of drug-likeness (QED) is 0.609. The van der Waals surface area contributed by atoms with Crippen molar-refractivity contribution in [2.45, 2.75) is 38.0 Å². The minimum absolute atomic E-state index is 0.0894. The summed E-state index contributed by atoms with van der Waals surface area (Å²) in [6.45, 7) is 0.252. The molecule has 3 aromatic rings. The summed E-state index contributed by atoms with van der Waals surface area (Å²) in [4.78, 5) is 28.8. The number of hydrogen-bond donors (Lipinski definition) is 1. The maximum atomic E-state index is 13.0. The zero-order chi connectivity index (χ0) is 20.2. The molecule has 6 rings (SSSR count). The van der Waals surface area contributed by atoms with Crippen LogP contribution in [-0.2, 0) is 16.0 Å². The normalized spacial score (nSPS) is 25.5. The summed E-state index contributed by atoms with van der Waals surface area (Å²) in [6, 6.07) is 14.5. The molecule has 1 saturated carbocycles. The fourth-order valence-electron chi connectivity index (χ4n) is 5.60. The number of para-hydroxylation sites is 1. The zero-order valence-electron chi connectivity index (χ0n) is 16.6. The van der Waals surface area contributed by atoms with Crippen LogP contribution in [0.15, 0.2) is 42.5 Å². The van der Waals surface area contributed by atoms with E-state index in [9.17, 15) is 9.59 Å². The Hall–Kier alpha value is -3.08. The van der Waals surface area contributed by atoms with Gasteiger partial charge in [-0.3, -0.25) is 9.59 Å². The lowest BCUT2D eigenvalue weighted by atomic mass is 9.79. The van der Waals surface area contributed by atoms with Gasteiger partial charge in [0.05, 0.1) is 6.42 Å². The third-order valence-electron chi connectivity index (χ3n) is 7.10. The molecule has 5 heteroatoms. The van der Waals surface area contributed by atoms with Gasteiger partial charge in [0.1, 0.15) is 11.6 Å². The summed E-state index contributed by atoms with van der Waals surface area (Å²) >= 11 is 0. The van der Waals surface area contributed by atoms with Crippen LogP contribution in [-0.4, -0.2) is 23.3 Å². The smallest absolute Gasteiger partial charge is 0.231 e. The highest BCUT2D eigenvalue weighted by Crippen LogP contribution is 2.47. The fraction of sp³-hybridized carbons (Fsp3) is 0.360. The number of carbonyl (C=O) groups is 2. The van der Waals surface area contributed by atoms with Gasteiger partial charge in [0.2, 0.25) is 6.79 Å². The van der Waals surface area contributed by atoms with Crippen molar-refractivity contribution in [2.75, 3.05) is 6.79 Å². The van der Waals surface area contributed by atoms with E-state index in [2.05, 4.69) is 29.2 Å². The summed E-state index contributed by atoms with van der Waals surface area (Å²) in [7, 11) is 0. The lowest BCUT2D eigenvalue weighted by Gasteiger charge is -2.24. The van der Waals surface area contributed by atoms with Crippen molar-refractivity contribution in [2.24, 2.45) is 11.8 Å². The molecule has 1 aromatic heterocycles. The van der Waals surface area contributed by atoms with E-state index in [1.165, 1.54) is 16.6 Å². The zero-order valence-corrected chi connectivity index (χ0v) is 16.6. The number of hydrogen-bond acceptors (Lipinski definition) is 4. The Morgan fingerprint density at radius 2 is 1.87 bits per heavy atom. The minimum Gasteiger partial charge on any atom is -0.454 e. The van der Waals surface area contributed by atoms with Gasteiger partial charge in [0.15, 0.2) is 11.5 Å². The van der Waals surface area contributed by atoms with Gasteiger partial charge in [-0.2, -0.15) is 0 Å². The monoisotopic (exact) mass is 401 g/mol. The number of ketones is 2. The molecule has 3 atom stereocenters. The van der Waals surface area contributed by atoms with Crippen molar-refractivity contribution in [1.29, 1.82) is 0 Å². The van der Waals surface area contributed by atoms with Crippen LogP contribution in [0.25, 0.3) is 10.9 Å². The second-order valence-electron chi connectivity index (χ2n) is 8.75. The molecule has 0 spiro atoms. The summed E-state index contributed by atoms with van der Waals surface area (Å²) in [5, 5.41) is 1.18. The third kappa shape index (κ3) is 2.76. The van der Waals surface area contributed by atoms with E-state index >= 15 is 0 Å². The summed E-state index contributed by atoms with van der Waals surface area (Å²) in [5.74, 6) is 2.00. The van der Waals surface area contributed by atoms with E-state index in [4.69, 9.17) is 9.47 Å². The number of fused-ring (bicyclic) bond motifs is 5. The number of aromatic nitrogens is 1. The number of nitrogens with one attached hydrogen (secondary N) is 1. The number of Topliss-reactive ketones (excluding diaryl/α,β-unsaturated/α-hetero) is 2. The molecular weight excluding hydrogens is 378 g/mol. The first kappa shape index (κ1) is 17.8. The van der Waals surface area contributed by atoms with Crippen LogP contribution in [0.3, 0.4) is 0 Å². The largest absolute Gasteiger partial charge is 0.454 e. The van der Waals surface area contributed by atoms with Crippen LogP contribution in [0.2, 0.25) is 0 Å². The highest BCUT2D eigenvalue weighted by molar-refractivity contribution is 6.01. The molecule has 0 radical (unpaired) electrons. The van der Waals surface area contributed by atoms with Crippen molar-refractivity contribution in [3.05, 3.63) is 59.3 Å². The molecular formula is C25H23NO4. The van der Waals surface area contributed by atoms with Crippen molar-refractivity contribution >= 4 is 22.5 Å². The Morgan fingerprint density at radius 3 is 2.80 bits per heavy atom. The van der Waals surface area contributed by atoms with Crippen molar-refractivity contribution in [3.8, 4) is 11.5 Å². The van der Waals surface area contributed by atoms with Gasteiger partial charge in [-0.25, -0.2) is 0 Å². The van der Waals surface area contributed by atoms with Gasteiger partial charge < -0.3 is 14.5 Å². The van der Waals surface area contributed by atoms with Crippen LogP contribution in [0.5, 0.6) is 11.5 Å². The highest BCUT2D eigenvalue weighted by atomic mass is 16.7. The van der Waals surface area contributed by atoms with Crippen molar-refractivity contribution in [3.63, 3.8) is 0 Å². The number of rotatable bonds is 1. The molecule has 0 bridgehead atoms. The SMILES string of the molecule is O=C1CCC2CC(c3ccc4c(c3)OCO4)c3[nH]c4ccccc4c3CC2C(=O)C1. The number of benzene rings is 2. The van der Waals surface area contributed by atoms with Gasteiger partial charge in [-0.05, 0) is 54.5 Å². The number of carbonyl (C=O) groups excluding carboxylic acids is 2. The van der Waals surface area contributed by atoms with Crippen LogP contribution >= 0.6 is 0 Å².